The van der Waals surface area contributed by atoms with Gasteiger partial charge in [0.1, 0.15) is 10.6 Å². The van der Waals surface area contributed by atoms with E-state index < -0.39 is 0 Å². The Labute approximate surface area is 121 Å². The number of aryl methyl sites for hydroxylation is 1. The summed E-state index contributed by atoms with van der Waals surface area (Å²) in [5.74, 6) is 0.396. The molecule has 2 rings (SSSR count). The zero-order chi connectivity index (χ0) is 14.5. The molecule has 0 radical (unpaired) electrons. The van der Waals surface area contributed by atoms with Crippen LogP contribution in [0.5, 0.6) is 5.75 Å². The normalized spacial score (nSPS) is 10.3. The van der Waals surface area contributed by atoms with Crippen molar-refractivity contribution >= 4 is 22.9 Å². The van der Waals surface area contributed by atoms with Gasteiger partial charge in [-0.25, -0.2) is 4.98 Å². The number of aliphatic hydroxyl groups excluding tert-OH is 1. The van der Waals surface area contributed by atoms with Gasteiger partial charge in [-0.2, -0.15) is 0 Å². The number of aliphatic hydroxyl groups is 1. The minimum absolute atomic E-state index is 0.145. The average molecular weight is 292 g/mol. The quantitative estimate of drug-likeness (QED) is 0.888. The minimum atomic E-state index is -0.198. The van der Waals surface area contributed by atoms with Gasteiger partial charge in [-0.1, -0.05) is 6.92 Å². The monoisotopic (exact) mass is 292 g/mol. The van der Waals surface area contributed by atoms with Gasteiger partial charge in [0.25, 0.3) is 5.91 Å². The van der Waals surface area contributed by atoms with Gasteiger partial charge in [0.2, 0.25) is 0 Å². The van der Waals surface area contributed by atoms with E-state index in [0.29, 0.717) is 21.9 Å². The van der Waals surface area contributed by atoms with Crippen molar-refractivity contribution in [3.05, 3.63) is 39.8 Å². The van der Waals surface area contributed by atoms with Crippen molar-refractivity contribution < 1.29 is 14.6 Å². The van der Waals surface area contributed by atoms with E-state index >= 15 is 0 Å². The van der Waals surface area contributed by atoms with Crippen LogP contribution in [-0.2, 0) is 13.0 Å². The number of ether oxygens (including phenoxy) is 1. The maximum atomic E-state index is 12.1. The largest absolute Gasteiger partial charge is 0.496 e. The second-order valence-corrected chi connectivity index (χ2v) is 5.23. The van der Waals surface area contributed by atoms with Gasteiger partial charge in [0.15, 0.2) is 0 Å². The Balaban J connectivity index is 2.15. The molecule has 1 aromatic carbocycles. The lowest BCUT2D eigenvalue weighted by Gasteiger charge is -2.09. The van der Waals surface area contributed by atoms with Crippen molar-refractivity contribution in [1.82, 2.24) is 4.98 Å². The van der Waals surface area contributed by atoms with Crippen molar-refractivity contribution in [2.24, 2.45) is 0 Å². The molecule has 0 fully saturated rings. The number of carbonyl (C=O) groups excluding carboxylic acids is 1. The van der Waals surface area contributed by atoms with Gasteiger partial charge < -0.3 is 15.2 Å². The SMILES string of the molecule is CCc1ncc(C(=O)Nc2ccc(OC)c(CO)c2)s1. The van der Waals surface area contributed by atoms with Crippen LogP contribution in [0, 0.1) is 0 Å². The Morgan fingerprint density at radius 2 is 2.30 bits per heavy atom. The van der Waals surface area contributed by atoms with Crippen LogP contribution in [-0.4, -0.2) is 23.1 Å². The first kappa shape index (κ1) is 14.5. The number of hydrogen-bond acceptors (Lipinski definition) is 5. The molecule has 0 spiro atoms. The molecule has 0 aliphatic heterocycles. The van der Waals surface area contributed by atoms with E-state index in [9.17, 15) is 9.90 Å². The smallest absolute Gasteiger partial charge is 0.267 e. The number of benzene rings is 1. The molecule has 20 heavy (non-hydrogen) atoms. The van der Waals surface area contributed by atoms with Crippen molar-refractivity contribution in [1.29, 1.82) is 0 Å². The second-order valence-electron chi connectivity index (χ2n) is 4.11. The lowest BCUT2D eigenvalue weighted by Crippen LogP contribution is -2.10. The standard InChI is InChI=1S/C14H16N2O3S/c1-3-13-15-7-12(20-13)14(18)16-10-4-5-11(19-2)9(6-10)8-17/h4-7,17H,3,8H2,1-2H3,(H,16,18). The molecular weight excluding hydrogens is 276 g/mol. The molecule has 0 saturated heterocycles. The second kappa shape index (κ2) is 6.49. The summed E-state index contributed by atoms with van der Waals surface area (Å²) in [4.78, 5) is 16.8. The molecule has 106 valence electrons. The first-order valence-electron chi connectivity index (χ1n) is 6.21. The summed E-state index contributed by atoms with van der Waals surface area (Å²) in [5, 5.41) is 13.0. The molecule has 0 bridgehead atoms. The zero-order valence-electron chi connectivity index (χ0n) is 11.3. The molecule has 2 aromatic rings. The number of rotatable bonds is 5. The van der Waals surface area contributed by atoms with Crippen LogP contribution < -0.4 is 10.1 Å². The Morgan fingerprint density at radius 3 is 2.90 bits per heavy atom. The van der Waals surface area contributed by atoms with E-state index in [4.69, 9.17) is 4.74 Å². The molecule has 0 aliphatic rings. The molecule has 1 amide bonds. The molecule has 0 saturated carbocycles. The first-order chi connectivity index (χ1) is 9.67. The summed E-state index contributed by atoms with van der Waals surface area (Å²) >= 11 is 1.38. The number of carbonyl (C=O) groups is 1. The molecular formula is C14H16N2O3S. The maximum Gasteiger partial charge on any atom is 0.267 e. The highest BCUT2D eigenvalue weighted by atomic mass is 32.1. The molecule has 0 unspecified atom stereocenters. The fraction of sp³-hybridized carbons (Fsp3) is 0.286. The van der Waals surface area contributed by atoms with Gasteiger partial charge in [-0.3, -0.25) is 4.79 Å². The third-order valence-corrected chi connectivity index (χ3v) is 3.93. The lowest BCUT2D eigenvalue weighted by atomic mass is 10.2. The van der Waals surface area contributed by atoms with Crippen molar-refractivity contribution in [3.63, 3.8) is 0 Å². The van der Waals surface area contributed by atoms with Crippen LogP contribution in [0.25, 0.3) is 0 Å². The van der Waals surface area contributed by atoms with Crippen LogP contribution >= 0.6 is 11.3 Å². The van der Waals surface area contributed by atoms with E-state index in [1.54, 1.807) is 24.4 Å². The van der Waals surface area contributed by atoms with Gasteiger partial charge >= 0.3 is 0 Å². The van der Waals surface area contributed by atoms with Gasteiger partial charge in [0, 0.05) is 11.3 Å². The topological polar surface area (TPSA) is 71.5 Å². The van der Waals surface area contributed by atoms with Crippen LogP contribution in [0.1, 0.15) is 27.2 Å². The average Bonchev–Trinajstić information content (AvgIpc) is 2.96. The Hall–Kier alpha value is -1.92. The molecule has 0 aliphatic carbocycles. The van der Waals surface area contributed by atoms with E-state index in [1.807, 2.05) is 6.92 Å². The summed E-state index contributed by atoms with van der Waals surface area (Å²) in [7, 11) is 1.54. The fourth-order valence-corrected chi connectivity index (χ4v) is 2.50. The van der Waals surface area contributed by atoms with Crippen molar-refractivity contribution in [2.75, 3.05) is 12.4 Å². The molecule has 1 heterocycles. The fourth-order valence-electron chi connectivity index (χ4n) is 1.75. The van der Waals surface area contributed by atoms with Crippen molar-refractivity contribution in [2.45, 2.75) is 20.0 Å². The summed E-state index contributed by atoms with van der Waals surface area (Å²) in [6.45, 7) is 1.85. The number of nitrogens with one attached hydrogen (secondary N) is 1. The van der Waals surface area contributed by atoms with E-state index in [1.165, 1.54) is 18.4 Å². The third-order valence-electron chi connectivity index (χ3n) is 2.79. The number of aromatic nitrogens is 1. The minimum Gasteiger partial charge on any atom is -0.496 e. The van der Waals surface area contributed by atoms with Gasteiger partial charge in [0.05, 0.1) is 24.9 Å². The van der Waals surface area contributed by atoms with Gasteiger partial charge in [-0.15, -0.1) is 11.3 Å². The highest BCUT2D eigenvalue weighted by Gasteiger charge is 2.11. The van der Waals surface area contributed by atoms with E-state index in [0.717, 1.165) is 11.4 Å². The summed E-state index contributed by atoms with van der Waals surface area (Å²) < 4.78 is 5.12. The number of hydrogen-bond donors (Lipinski definition) is 2. The predicted octanol–water partition coefficient (Wildman–Crippen LogP) is 2.46. The zero-order valence-corrected chi connectivity index (χ0v) is 12.2. The molecule has 5 nitrogen and oxygen atoms in total. The number of amides is 1. The highest BCUT2D eigenvalue weighted by molar-refractivity contribution is 7.13. The summed E-state index contributed by atoms with van der Waals surface area (Å²) in [5.41, 5.74) is 1.25. The maximum absolute atomic E-state index is 12.1. The van der Waals surface area contributed by atoms with E-state index in [-0.39, 0.29) is 12.5 Å². The highest BCUT2D eigenvalue weighted by Crippen LogP contribution is 2.23. The summed E-state index contributed by atoms with van der Waals surface area (Å²) in [6, 6.07) is 5.14. The van der Waals surface area contributed by atoms with Gasteiger partial charge in [-0.05, 0) is 24.6 Å². The summed E-state index contributed by atoms with van der Waals surface area (Å²) in [6.07, 6.45) is 2.39. The molecule has 1 aromatic heterocycles. The Bertz CT molecular complexity index is 610. The van der Waals surface area contributed by atoms with Crippen LogP contribution in [0.3, 0.4) is 0 Å². The Kier molecular flexibility index (Phi) is 4.70. The third kappa shape index (κ3) is 3.15. The number of thiazole rings is 1. The predicted molar refractivity (Wildman–Crippen MR) is 78.4 cm³/mol. The van der Waals surface area contributed by atoms with Crippen molar-refractivity contribution in [3.8, 4) is 5.75 Å². The lowest BCUT2D eigenvalue weighted by molar-refractivity contribution is 0.103. The number of nitrogens with zero attached hydrogens (tertiary/aromatic N) is 1. The Morgan fingerprint density at radius 1 is 1.50 bits per heavy atom. The number of methoxy groups -OCH3 is 1. The van der Waals surface area contributed by atoms with Crippen LogP contribution in [0.2, 0.25) is 0 Å². The molecule has 2 N–H and O–H groups in total. The molecule has 0 atom stereocenters. The number of anilines is 1. The van der Waals surface area contributed by atoms with Crippen LogP contribution in [0.4, 0.5) is 5.69 Å². The van der Waals surface area contributed by atoms with Crippen LogP contribution in [0.15, 0.2) is 24.4 Å². The molecule has 6 heteroatoms. The first-order valence-corrected chi connectivity index (χ1v) is 7.03. The van der Waals surface area contributed by atoms with E-state index in [2.05, 4.69) is 10.3 Å².